The average molecular weight is 397 g/mol. The van der Waals surface area contributed by atoms with Crippen LogP contribution in [-0.2, 0) is 0 Å². The normalized spacial score (nSPS) is 11.7. The number of nitrogens with one attached hydrogen (secondary N) is 1. The first-order valence-electron chi connectivity index (χ1n) is 9.81. The van der Waals surface area contributed by atoms with Gasteiger partial charge in [-0.3, -0.25) is 4.79 Å². The lowest BCUT2D eigenvalue weighted by molar-refractivity contribution is 0.0956. The number of furan rings is 1. The average Bonchev–Trinajstić information content (AvgIpc) is 3.19. The molecular weight excluding hydrogens is 374 g/mol. The van der Waals surface area contributed by atoms with Gasteiger partial charge < -0.3 is 4.42 Å². The van der Waals surface area contributed by atoms with E-state index in [1.54, 1.807) is 6.92 Å². The van der Waals surface area contributed by atoms with Crippen molar-refractivity contribution in [2.45, 2.75) is 27.7 Å². The predicted molar refractivity (Wildman–Crippen MR) is 120 cm³/mol. The highest BCUT2D eigenvalue weighted by Gasteiger charge is 2.14. The van der Waals surface area contributed by atoms with Gasteiger partial charge in [0.15, 0.2) is 0 Å². The Morgan fingerprint density at radius 2 is 1.77 bits per heavy atom. The van der Waals surface area contributed by atoms with Crippen molar-refractivity contribution >= 4 is 22.5 Å². The molecule has 0 atom stereocenters. The number of fused-ring (bicyclic) bond motifs is 1. The highest BCUT2D eigenvalue weighted by atomic mass is 16.3. The van der Waals surface area contributed by atoms with E-state index in [1.807, 2.05) is 55.5 Å². The molecule has 0 bridgehead atoms. The van der Waals surface area contributed by atoms with Crippen LogP contribution in [0.15, 0.2) is 70.2 Å². The van der Waals surface area contributed by atoms with Gasteiger partial charge in [-0.2, -0.15) is 5.10 Å². The topological polar surface area (TPSA) is 67.5 Å². The van der Waals surface area contributed by atoms with Crippen LogP contribution < -0.4 is 5.43 Å². The second-order valence-corrected chi connectivity index (χ2v) is 7.42. The summed E-state index contributed by atoms with van der Waals surface area (Å²) in [5.41, 5.74) is 8.68. The first kappa shape index (κ1) is 19.6. The highest BCUT2D eigenvalue weighted by molar-refractivity contribution is 6.08. The lowest BCUT2D eigenvalue weighted by Crippen LogP contribution is -2.20. The molecule has 150 valence electrons. The van der Waals surface area contributed by atoms with Crippen LogP contribution in [0.5, 0.6) is 0 Å². The summed E-state index contributed by atoms with van der Waals surface area (Å²) >= 11 is 0. The lowest BCUT2D eigenvalue weighted by Gasteiger charge is -2.10. The molecule has 2 aromatic heterocycles. The van der Waals surface area contributed by atoms with E-state index in [0.717, 1.165) is 27.9 Å². The van der Waals surface area contributed by atoms with Crippen LogP contribution in [0.3, 0.4) is 0 Å². The van der Waals surface area contributed by atoms with Crippen LogP contribution in [0, 0.1) is 20.8 Å². The van der Waals surface area contributed by atoms with Crippen molar-refractivity contribution < 1.29 is 9.21 Å². The molecule has 4 aromatic rings. The van der Waals surface area contributed by atoms with Crippen molar-refractivity contribution in [2.24, 2.45) is 5.10 Å². The van der Waals surface area contributed by atoms with Crippen molar-refractivity contribution in [1.29, 1.82) is 0 Å². The minimum absolute atomic E-state index is 0.290. The number of amides is 1. The lowest BCUT2D eigenvalue weighted by atomic mass is 10.0. The molecule has 0 radical (unpaired) electrons. The van der Waals surface area contributed by atoms with E-state index in [2.05, 4.69) is 36.5 Å². The van der Waals surface area contributed by atoms with Gasteiger partial charge in [-0.05, 0) is 69.2 Å². The maximum Gasteiger partial charge on any atom is 0.272 e. The summed E-state index contributed by atoms with van der Waals surface area (Å²) in [6.45, 7) is 7.81. The Hall–Kier alpha value is -3.73. The second-order valence-electron chi connectivity index (χ2n) is 7.42. The number of carbonyl (C=O) groups excluding carboxylic acids is 1. The fourth-order valence-corrected chi connectivity index (χ4v) is 3.29. The summed E-state index contributed by atoms with van der Waals surface area (Å²) in [7, 11) is 0. The summed E-state index contributed by atoms with van der Waals surface area (Å²) < 4.78 is 5.56. The summed E-state index contributed by atoms with van der Waals surface area (Å²) in [5, 5.41) is 5.00. The number of aromatic nitrogens is 1. The molecular formula is C25H23N3O2. The second kappa shape index (κ2) is 7.95. The van der Waals surface area contributed by atoms with E-state index in [9.17, 15) is 4.79 Å². The van der Waals surface area contributed by atoms with Gasteiger partial charge in [0.25, 0.3) is 5.91 Å². The van der Waals surface area contributed by atoms with Gasteiger partial charge in [0.05, 0.1) is 16.8 Å². The molecule has 0 spiro atoms. The molecule has 0 aliphatic heterocycles. The predicted octanol–water partition coefficient (Wildman–Crippen LogP) is 5.57. The van der Waals surface area contributed by atoms with E-state index in [1.165, 1.54) is 11.1 Å². The van der Waals surface area contributed by atoms with E-state index < -0.39 is 0 Å². The van der Waals surface area contributed by atoms with Crippen molar-refractivity contribution in [2.75, 3.05) is 0 Å². The molecule has 1 amide bonds. The number of hydrazone groups is 1. The molecule has 4 rings (SSSR count). The minimum atomic E-state index is -0.290. The van der Waals surface area contributed by atoms with E-state index in [0.29, 0.717) is 17.0 Å². The SMILES string of the molecule is C/C(=N/NC(=O)c1cc(-c2ccc(C)c(C)c2)nc2ccccc12)c1ccc(C)o1. The van der Waals surface area contributed by atoms with Gasteiger partial charge in [0.1, 0.15) is 17.2 Å². The van der Waals surface area contributed by atoms with Crippen LogP contribution in [0.4, 0.5) is 0 Å². The van der Waals surface area contributed by atoms with Gasteiger partial charge in [-0.1, -0.05) is 30.3 Å². The summed E-state index contributed by atoms with van der Waals surface area (Å²) in [5.74, 6) is 1.13. The van der Waals surface area contributed by atoms with Crippen LogP contribution in [0.1, 0.15) is 39.9 Å². The fourth-order valence-electron chi connectivity index (χ4n) is 3.29. The van der Waals surface area contributed by atoms with Crippen molar-refractivity contribution in [1.82, 2.24) is 10.4 Å². The molecule has 2 aromatic carbocycles. The van der Waals surface area contributed by atoms with Gasteiger partial charge in [0.2, 0.25) is 0 Å². The molecule has 5 heteroatoms. The molecule has 0 aliphatic carbocycles. The molecule has 2 heterocycles. The standard InChI is InChI=1S/C25H23N3O2/c1-15-9-11-19(13-16(15)2)23-14-21(20-7-5-6-8-22(20)26-23)25(29)28-27-18(4)24-12-10-17(3)30-24/h5-14H,1-4H3,(H,28,29)/b27-18-. The Morgan fingerprint density at radius 3 is 2.50 bits per heavy atom. The Balaban J connectivity index is 1.73. The minimum Gasteiger partial charge on any atom is -0.460 e. The van der Waals surface area contributed by atoms with Gasteiger partial charge in [-0.25, -0.2) is 10.4 Å². The molecule has 0 saturated carbocycles. The smallest absolute Gasteiger partial charge is 0.272 e. The number of carbonyl (C=O) groups is 1. The third-order valence-corrected chi connectivity index (χ3v) is 5.19. The number of pyridine rings is 1. The van der Waals surface area contributed by atoms with Gasteiger partial charge in [0, 0.05) is 10.9 Å². The van der Waals surface area contributed by atoms with Crippen molar-refractivity contribution in [3.8, 4) is 11.3 Å². The third kappa shape index (κ3) is 3.87. The number of rotatable bonds is 4. The Kier molecular flexibility index (Phi) is 5.19. The number of para-hydroxylation sites is 1. The summed E-state index contributed by atoms with van der Waals surface area (Å²) in [6, 6.07) is 19.3. The Bertz CT molecular complexity index is 1280. The number of hydrogen-bond acceptors (Lipinski definition) is 4. The van der Waals surface area contributed by atoms with E-state index in [4.69, 9.17) is 9.40 Å². The maximum absolute atomic E-state index is 13.0. The molecule has 30 heavy (non-hydrogen) atoms. The third-order valence-electron chi connectivity index (χ3n) is 5.19. The van der Waals surface area contributed by atoms with Crippen LogP contribution in [0.2, 0.25) is 0 Å². The zero-order valence-electron chi connectivity index (χ0n) is 17.5. The Labute approximate surface area is 175 Å². The molecule has 0 aliphatic rings. The van der Waals surface area contributed by atoms with Crippen LogP contribution in [-0.4, -0.2) is 16.6 Å². The highest BCUT2D eigenvalue weighted by Crippen LogP contribution is 2.26. The number of aryl methyl sites for hydroxylation is 3. The quantitative estimate of drug-likeness (QED) is 0.361. The first-order chi connectivity index (χ1) is 14.4. The van der Waals surface area contributed by atoms with Crippen molar-refractivity contribution in [3.63, 3.8) is 0 Å². The largest absolute Gasteiger partial charge is 0.460 e. The van der Waals surface area contributed by atoms with E-state index >= 15 is 0 Å². The van der Waals surface area contributed by atoms with Gasteiger partial charge in [-0.15, -0.1) is 0 Å². The summed E-state index contributed by atoms with van der Waals surface area (Å²) in [4.78, 5) is 17.8. The molecule has 5 nitrogen and oxygen atoms in total. The molecule has 0 fully saturated rings. The molecule has 0 unspecified atom stereocenters. The molecule has 1 N–H and O–H groups in total. The first-order valence-corrected chi connectivity index (χ1v) is 9.81. The summed E-state index contributed by atoms with van der Waals surface area (Å²) in [6.07, 6.45) is 0. The zero-order valence-corrected chi connectivity index (χ0v) is 17.5. The fraction of sp³-hybridized carbons (Fsp3) is 0.160. The van der Waals surface area contributed by atoms with E-state index in [-0.39, 0.29) is 5.91 Å². The maximum atomic E-state index is 13.0. The van der Waals surface area contributed by atoms with Gasteiger partial charge >= 0.3 is 0 Å². The number of nitrogens with zero attached hydrogens (tertiary/aromatic N) is 2. The van der Waals surface area contributed by atoms with Crippen LogP contribution >= 0.6 is 0 Å². The number of benzene rings is 2. The monoisotopic (exact) mass is 397 g/mol. The van der Waals surface area contributed by atoms with Crippen molar-refractivity contribution in [3.05, 3.63) is 88.9 Å². The Morgan fingerprint density at radius 1 is 0.967 bits per heavy atom. The zero-order chi connectivity index (χ0) is 21.3. The molecule has 0 saturated heterocycles. The number of hydrogen-bond donors (Lipinski definition) is 1. The van der Waals surface area contributed by atoms with Crippen LogP contribution in [0.25, 0.3) is 22.2 Å².